The number of hydrogen-bond donors (Lipinski definition) is 3. The van der Waals surface area contributed by atoms with E-state index in [1.165, 1.54) is 0 Å². The number of carbonyl (C=O) groups excluding carboxylic acids is 1. The first-order valence-corrected chi connectivity index (χ1v) is 6.66. The highest BCUT2D eigenvalue weighted by Crippen LogP contribution is 2.10. The van der Waals surface area contributed by atoms with Crippen molar-refractivity contribution in [1.82, 2.24) is 5.32 Å². The van der Waals surface area contributed by atoms with Crippen molar-refractivity contribution in [2.75, 3.05) is 18.9 Å². The van der Waals surface area contributed by atoms with E-state index in [1.54, 1.807) is 31.3 Å². The molecule has 0 aliphatic rings. The van der Waals surface area contributed by atoms with E-state index in [0.717, 1.165) is 0 Å². The molecular weight excluding hydrogens is 242 g/mol. The Bertz CT molecular complexity index is 482. The zero-order chi connectivity index (χ0) is 12.9. The van der Waals surface area contributed by atoms with E-state index in [2.05, 4.69) is 10.6 Å². The molecule has 6 nitrogen and oxygen atoms in total. The van der Waals surface area contributed by atoms with E-state index >= 15 is 0 Å². The second kappa shape index (κ2) is 5.76. The van der Waals surface area contributed by atoms with Crippen LogP contribution in [0.5, 0.6) is 0 Å². The Labute approximate surface area is 100 Å². The van der Waals surface area contributed by atoms with Gasteiger partial charge < -0.3 is 10.6 Å². The summed E-state index contributed by atoms with van der Waals surface area (Å²) in [5.41, 5.74) is 1.20. The summed E-state index contributed by atoms with van der Waals surface area (Å²) in [6, 6.07) is 6.49. The molecule has 0 saturated heterocycles. The third kappa shape index (κ3) is 5.43. The number of hydrogen-bond acceptors (Lipinski definition) is 4. The van der Waals surface area contributed by atoms with Crippen LogP contribution in [0, 0.1) is 0 Å². The van der Waals surface area contributed by atoms with Crippen molar-refractivity contribution >= 4 is 21.6 Å². The van der Waals surface area contributed by atoms with Crippen molar-refractivity contribution in [1.29, 1.82) is 0 Å². The zero-order valence-corrected chi connectivity index (χ0v) is 10.3. The SMILES string of the molecule is CNCC(=O)Nc1ccc(CS(N)(=O)=O)cc1. The normalized spacial score (nSPS) is 11.2. The Morgan fingerprint density at radius 1 is 1.29 bits per heavy atom. The lowest BCUT2D eigenvalue weighted by molar-refractivity contribution is -0.115. The third-order valence-corrected chi connectivity index (χ3v) is 2.68. The van der Waals surface area contributed by atoms with Gasteiger partial charge in [0.2, 0.25) is 15.9 Å². The van der Waals surface area contributed by atoms with E-state index in [0.29, 0.717) is 11.3 Å². The fourth-order valence-electron chi connectivity index (χ4n) is 1.28. The van der Waals surface area contributed by atoms with Crippen molar-refractivity contribution in [2.24, 2.45) is 5.14 Å². The number of nitrogens with two attached hydrogens (primary N) is 1. The maximum atomic E-state index is 11.2. The van der Waals surface area contributed by atoms with Crippen LogP contribution in [0.15, 0.2) is 24.3 Å². The van der Waals surface area contributed by atoms with Crippen molar-refractivity contribution in [3.8, 4) is 0 Å². The molecule has 0 atom stereocenters. The molecule has 0 unspecified atom stereocenters. The predicted octanol–water partition coefficient (Wildman–Crippen LogP) is -0.367. The molecule has 0 spiro atoms. The molecule has 4 N–H and O–H groups in total. The predicted molar refractivity (Wildman–Crippen MR) is 65.8 cm³/mol. The van der Waals surface area contributed by atoms with Gasteiger partial charge in [-0.1, -0.05) is 12.1 Å². The van der Waals surface area contributed by atoms with Gasteiger partial charge in [0.15, 0.2) is 0 Å². The Hall–Kier alpha value is -1.44. The van der Waals surface area contributed by atoms with Crippen LogP contribution in [-0.2, 0) is 20.6 Å². The number of amides is 1. The number of anilines is 1. The summed E-state index contributed by atoms with van der Waals surface area (Å²) in [4.78, 5) is 11.2. The van der Waals surface area contributed by atoms with Gasteiger partial charge >= 0.3 is 0 Å². The molecule has 0 fully saturated rings. The Kier molecular flexibility index (Phi) is 4.62. The number of carbonyl (C=O) groups is 1. The number of benzene rings is 1. The summed E-state index contributed by atoms with van der Waals surface area (Å²) in [7, 11) is -1.84. The summed E-state index contributed by atoms with van der Waals surface area (Å²) in [6.07, 6.45) is 0. The van der Waals surface area contributed by atoms with Crippen LogP contribution >= 0.6 is 0 Å². The van der Waals surface area contributed by atoms with Crippen molar-refractivity contribution in [3.05, 3.63) is 29.8 Å². The molecule has 0 heterocycles. The number of likely N-dealkylation sites (N-methyl/N-ethyl adjacent to an activating group) is 1. The first-order chi connectivity index (χ1) is 7.90. The van der Waals surface area contributed by atoms with E-state index < -0.39 is 10.0 Å². The minimum Gasteiger partial charge on any atom is -0.325 e. The fourth-order valence-corrected chi connectivity index (χ4v) is 1.94. The summed E-state index contributed by atoms with van der Waals surface area (Å²) in [5, 5.41) is 10.3. The monoisotopic (exact) mass is 257 g/mol. The van der Waals surface area contributed by atoms with Crippen LogP contribution in [0.1, 0.15) is 5.56 Å². The van der Waals surface area contributed by atoms with Crippen LogP contribution < -0.4 is 15.8 Å². The lowest BCUT2D eigenvalue weighted by Gasteiger charge is -2.05. The molecule has 1 rings (SSSR count). The molecule has 0 radical (unpaired) electrons. The second-order valence-corrected chi connectivity index (χ2v) is 5.20. The number of rotatable bonds is 5. The topological polar surface area (TPSA) is 101 Å². The van der Waals surface area contributed by atoms with Crippen LogP contribution in [0.25, 0.3) is 0 Å². The molecule has 0 aliphatic heterocycles. The van der Waals surface area contributed by atoms with Crippen LogP contribution in [-0.4, -0.2) is 27.9 Å². The zero-order valence-electron chi connectivity index (χ0n) is 9.43. The molecule has 0 aliphatic carbocycles. The molecule has 1 aromatic carbocycles. The van der Waals surface area contributed by atoms with Crippen LogP contribution in [0.4, 0.5) is 5.69 Å². The van der Waals surface area contributed by atoms with Crippen molar-refractivity contribution in [2.45, 2.75) is 5.75 Å². The molecule has 1 amide bonds. The highest BCUT2D eigenvalue weighted by atomic mass is 32.2. The van der Waals surface area contributed by atoms with Gasteiger partial charge in [0.05, 0.1) is 12.3 Å². The number of primary sulfonamides is 1. The molecule has 17 heavy (non-hydrogen) atoms. The van der Waals surface area contributed by atoms with E-state index in [9.17, 15) is 13.2 Å². The summed E-state index contributed by atoms with van der Waals surface area (Å²) < 4.78 is 21.7. The Morgan fingerprint density at radius 2 is 1.88 bits per heavy atom. The maximum Gasteiger partial charge on any atom is 0.238 e. The van der Waals surface area contributed by atoms with E-state index in [4.69, 9.17) is 5.14 Å². The quantitative estimate of drug-likeness (QED) is 0.670. The summed E-state index contributed by atoms with van der Waals surface area (Å²) >= 11 is 0. The maximum absolute atomic E-state index is 11.2. The molecule has 94 valence electrons. The minimum atomic E-state index is -3.52. The third-order valence-electron chi connectivity index (χ3n) is 1.94. The Balaban J connectivity index is 2.65. The van der Waals surface area contributed by atoms with Gasteiger partial charge in [-0.25, -0.2) is 13.6 Å². The molecule has 0 bridgehead atoms. The van der Waals surface area contributed by atoms with Crippen molar-refractivity contribution < 1.29 is 13.2 Å². The molecular formula is C10H15N3O3S. The van der Waals surface area contributed by atoms with Crippen LogP contribution in [0.2, 0.25) is 0 Å². The molecule has 0 saturated carbocycles. The lowest BCUT2D eigenvalue weighted by atomic mass is 10.2. The van der Waals surface area contributed by atoms with Gasteiger partial charge in [-0.2, -0.15) is 0 Å². The first-order valence-electron chi connectivity index (χ1n) is 4.94. The van der Waals surface area contributed by atoms with Gasteiger partial charge in [0.1, 0.15) is 0 Å². The molecule has 1 aromatic rings. The number of sulfonamides is 1. The molecule has 7 heteroatoms. The van der Waals surface area contributed by atoms with Gasteiger partial charge in [-0.15, -0.1) is 0 Å². The average molecular weight is 257 g/mol. The second-order valence-electron chi connectivity index (χ2n) is 3.58. The van der Waals surface area contributed by atoms with Gasteiger partial charge in [0, 0.05) is 5.69 Å². The van der Waals surface area contributed by atoms with Gasteiger partial charge in [-0.3, -0.25) is 4.79 Å². The highest BCUT2D eigenvalue weighted by Gasteiger charge is 2.05. The largest absolute Gasteiger partial charge is 0.325 e. The van der Waals surface area contributed by atoms with Gasteiger partial charge in [-0.05, 0) is 24.7 Å². The fraction of sp³-hybridized carbons (Fsp3) is 0.300. The van der Waals surface area contributed by atoms with Crippen molar-refractivity contribution in [3.63, 3.8) is 0 Å². The average Bonchev–Trinajstić information content (AvgIpc) is 2.19. The smallest absolute Gasteiger partial charge is 0.238 e. The molecule has 0 aromatic heterocycles. The van der Waals surface area contributed by atoms with Crippen LogP contribution in [0.3, 0.4) is 0 Å². The Morgan fingerprint density at radius 3 is 2.35 bits per heavy atom. The highest BCUT2D eigenvalue weighted by molar-refractivity contribution is 7.88. The van der Waals surface area contributed by atoms with Gasteiger partial charge in [0.25, 0.3) is 0 Å². The standard InChI is InChI=1S/C10H15N3O3S/c1-12-6-10(14)13-9-4-2-8(3-5-9)7-17(11,15)16/h2-5,12H,6-7H2,1H3,(H,13,14)(H2,11,15,16). The van der Waals surface area contributed by atoms with E-state index in [-0.39, 0.29) is 18.2 Å². The summed E-state index contributed by atoms with van der Waals surface area (Å²) in [6.45, 7) is 0.221. The minimum absolute atomic E-state index is 0.160. The lowest BCUT2D eigenvalue weighted by Crippen LogP contribution is -2.25. The van der Waals surface area contributed by atoms with E-state index in [1.807, 2.05) is 0 Å². The number of nitrogens with one attached hydrogen (secondary N) is 2. The summed E-state index contributed by atoms with van der Waals surface area (Å²) in [5.74, 6) is -0.371. The first kappa shape index (κ1) is 13.6.